The van der Waals surface area contributed by atoms with Crippen LogP contribution in [0.5, 0.6) is 0 Å². The van der Waals surface area contributed by atoms with E-state index in [1.54, 1.807) is 13.0 Å². The summed E-state index contributed by atoms with van der Waals surface area (Å²) in [5.41, 5.74) is 6.94. The molecular weight excluding hydrogens is 230 g/mol. The number of aromatic nitrogens is 3. The van der Waals surface area contributed by atoms with Crippen LogP contribution in [0.1, 0.15) is 12.7 Å². The van der Waals surface area contributed by atoms with Gasteiger partial charge in [-0.25, -0.2) is 4.98 Å². The predicted molar refractivity (Wildman–Crippen MR) is 68.8 cm³/mol. The molecule has 0 fully saturated rings. The van der Waals surface area contributed by atoms with Crippen molar-refractivity contribution in [3.05, 3.63) is 30.1 Å². The second-order valence-corrected chi connectivity index (χ2v) is 4.07. The van der Waals surface area contributed by atoms with Gasteiger partial charge in [0.25, 0.3) is 0 Å². The summed E-state index contributed by atoms with van der Waals surface area (Å²) in [4.78, 5) is 15.9. The molecule has 0 saturated heterocycles. The number of amides is 1. The molecule has 0 aliphatic carbocycles. The molecule has 0 saturated carbocycles. The van der Waals surface area contributed by atoms with Crippen LogP contribution in [0.2, 0.25) is 0 Å². The van der Waals surface area contributed by atoms with Gasteiger partial charge in [0, 0.05) is 5.56 Å². The molecule has 2 rings (SSSR count). The van der Waals surface area contributed by atoms with Gasteiger partial charge in [0.05, 0.1) is 11.7 Å². The van der Waals surface area contributed by atoms with E-state index in [2.05, 4.69) is 20.5 Å². The van der Waals surface area contributed by atoms with Gasteiger partial charge in [0.1, 0.15) is 5.82 Å². The molecule has 94 valence electrons. The number of anilines is 1. The molecule has 18 heavy (non-hydrogen) atoms. The van der Waals surface area contributed by atoms with E-state index >= 15 is 0 Å². The Morgan fingerprint density at radius 2 is 2.17 bits per heavy atom. The van der Waals surface area contributed by atoms with E-state index in [1.165, 1.54) is 0 Å². The molecule has 1 amide bonds. The van der Waals surface area contributed by atoms with Crippen LogP contribution in [0.4, 0.5) is 5.69 Å². The van der Waals surface area contributed by atoms with Crippen LogP contribution in [-0.2, 0) is 4.79 Å². The lowest BCUT2D eigenvalue weighted by Crippen LogP contribution is -2.32. The molecule has 1 atom stereocenters. The lowest BCUT2D eigenvalue weighted by molar-refractivity contribution is -0.117. The van der Waals surface area contributed by atoms with Crippen molar-refractivity contribution in [3.8, 4) is 11.4 Å². The minimum Gasteiger partial charge on any atom is -0.324 e. The number of aryl methyl sites for hydroxylation is 1. The number of carbonyl (C=O) groups excluding carboxylic acids is 1. The summed E-state index contributed by atoms with van der Waals surface area (Å²) in [6, 6.07) is 6.77. The van der Waals surface area contributed by atoms with Crippen molar-refractivity contribution < 1.29 is 4.79 Å². The van der Waals surface area contributed by atoms with Crippen molar-refractivity contribution in [2.75, 3.05) is 5.32 Å². The minimum absolute atomic E-state index is 0.241. The van der Waals surface area contributed by atoms with Gasteiger partial charge in [-0.15, -0.1) is 0 Å². The van der Waals surface area contributed by atoms with Gasteiger partial charge in [0.15, 0.2) is 5.82 Å². The van der Waals surface area contributed by atoms with Crippen LogP contribution in [0.15, 0.2) is 24.3 Å². The van der Waals surface area contributed by atoms with E-state index in [9.17, 15) is 4.79 Å². The average molecular weight is 245 g/mol. The fraction of sp³-hybridized carbons (Fsp3) is 0.250. The topological polar surface area (TPSA) is 96.7 Å². The second-order valence-electron chi connectivity index (χ2n) is 4.07. The fourth-order valence-corrected chi connectivity index (χ4v) is 1.50. The number of para-hydroxylation sites is 1. The van der Waals surface area contributed by atoms with Gasteiger partial charge in [-0.1, -0.05) is 12.1 Å². The van der Waals surface area contributed by atoms with E-state index in [4.69, 9.17) is 5.73 Å². The van der Waals surface area contributed by atoms with Crippen molar-refractivity contribution in [3.63, 3.8) is 0 Å². The standard InChI is InChI=1S/C12H15N5O/c1-7(13)12(18)15-10-6-4-3-5-9(10)11-14-8(2)16-17-11/h3-7H,13H2,1-2H3,(H,15,18)(H,14,16,17)/t7-/m1/s1. The monoisotopic (exact) mass is 245 g/mol. The molecule has 6 nitrogen and oxygen atoms in total. The maximum atomic E-state index is 11.6. The Labute approximate surface area is 105 Å². The number of nitrogens with one attached hydrogen (secondary N) is 2. The molecule has 4 N–H and O–H groups in total. The van der Waals surface area contributed by atoms with Crippen molar-refractivity contribution in [1.29, 1.82) is 0 Å². The van der Waals surface area contributed by atoms with Crippen LogP contribution in [0.3, 0.4) is 0 Å². The Morgan fingerprint density at radius 3 is 2.78 bits per heavy atom. The largest absolute Gasteiger partial charge is 0.324 e. The summed E-state index contributed by atoms with van der Waals surface area (Å²) in [5, 5.41) is 9.61. The highest BCUT2D eigenvalue weighted by Gasteiger charge is 2.13. The van der Waals surface area contributed by atoms with E-state index < -0.39 is 6.04 Å². The minimum atomic E-state index is -0.563. The van der Waals surface area contributed by atoms with Gasteiger partial charge in [-0.2, -0.15) is 5.10 Å². The highest BCUT2D eigenvalue weighted by molar-refractivity contribution is 5.97. The third-order valence-electron chi connectivity index (χ3n) is 2.44. The first-order valence-corrected chi connectivity index (χ1v) is 5.63. The van der Waals surface area contributed by atoms with Crippen LogP contribution < -0.4 is 11.1 Å². The number of aromatic amines is 1. The molecule has 1 heterocycles. The third-order valence-corrected chi connectivity index (χ3v) is 2.44. The van der Waals surface area contributed by atoms with Gasteiger partial charge < -0.3 is 11.1 Å². The lowest BCUT2D eigenvalue weighted by Gasteiger charge is -2.10. The number of nitrogens with zero attached hydrogens (tertiary/aromatic N) is 2. The number of rotatable bonds is 3. The molecule has 0 spiro atoms. The first-order chi connectivity index (χ1) is 8.58. The first-order valence-electron chi connectivity index (χ1n) is 5.63. The van der Waals surface area contributed by atoms with Gasteiger partial charge >= 0.3 is 0 Å². The number of benzene rings is 1. The zero-order valence-corrected chi connectivity index (χ0v) is 10.3. The Kier molecular flexibility index (Phi) is 3.38. The number of H-pyrrole nitrogens is 1. The fourth-order valence-electron chi connectivity index (χ4n) is 1.50. The lowest BCUT2D eigenvalue weighted by atomic mass is 10.1. The quantitative estimate of drug-likeness (QED) is 0.753. The number of hydrogen-bond donors (Lipinski definition) is 3. The van der Waals surface area contributed by atoms with Crippen LogP contribution in [0, 0.1) is 6.92 Å². The molecule has 6 heteroatoms. The molecule has 0 aliphatic rings. The third kappa shape index (κ3) is 2.54. The summed E-state index contributed by atoms with van der Waals surface area (Å²) in [7, 11) is 0. The summed E-state index contributed by atoms with van der Waals surface area (Å²) in [6.45, 7) is 3.45. The summed E-state index contributed by atoms with van der Waals surface area (Å²) in [6.07, 6.45) is 0. The normalized spacial score (nSPS) is 12.2. The molecule has 1 aromatic heterocycles. The van der Waals surface area contributed by atoms with Crippen molar-refractivity contribution >= 4 is 11.6 Å². The molecule has 0 bridgehead atoms. The maximum Gasteiger partial charge on any atom is 0.241 e. The molecule has 2 aromatic rings. The van der Waals surface area contributed by atoms with Crippen molar-refractivity contribution in [2.24, 2.45) is 5.73 Å². The average Bonchev–Trinajstić information content (AvgIpc) is 2.76. The summed E-state index contributed by atoms with van der Waals surface area (Å²) >= 11 is 0. The van der Waals surface area contributed by atoms with Gasteiger partial charge in [-0.05, 0) is 26.0 Å². The molecule has 0 unspecified atom stereocenters. The van der Waals surface area contributed by atoms with E-state index in [1.807, 2.05) is 25.1 Å². The molecular formula is C12H15N5O. The number of nitrogens with two attached hydrogens (primary N) is 1. The number of hydrogen-bond acceptors (Lipinski definition) is 4. The first kappa shape index (κ1) is 12.3. The maximum absolute atomic E-state index is 11.6. The van der Waals surface area contributed by atoms with E-state index in [-0.39, 0.29) is 5.91 Å². The zero-order valence-electron chi connectivity index (χ0n) is 10.3. The molecule has 0 aliphatic heterocycles. The summed E-state index contributed by atoms with van der Waals surface area (Å²) in [5.74, 6) is 1.03. The molecule has 0 radical (unpaired) electrons. The molecule has 1 aromatic carbocycles. The Bertz CT molecular complexity index is 561. The van der Waals surface area contributed by atoms with Crippen molar-refractivity contribution in [2.45, 2.75) is 19.9 Å². The van der Waals surface area contributed by atoms with Crippen molar-refractivity contribution in [1.82, 2.24) is 15.2 Å². The van der Waals surface area contributed by atoms with Crippen LogP contribution >= 0.6 is 0 Å². The Morgan fingerprint density at radius 1 is 1.44 bits per heavy atom. The Hall–Kier alpha value is -2.21. The number of carbonyl (C=O) groups is 1. The highest BCUT2D eigenvalue weighted by atomic mass is 16.2. The van der Waals surface area contributed by atoms with Gasteiger partial charge in [-0.3, -0.25) is 9.89 Å². The highest BCUT2D eigenvalue weighted by Crippen LogP contribution is 2.24. The van der Waals surface area contributed by atoms with Crippen LogP contribution in [0.25, 0.3) is 11.4 Å². The second kappa shape index (κ2) is 4.97. The SMILES string of the molecule is Cc1nc(-c2ccccc2NC(=O)[C@@H](C)N)n[nH]1. The summed E-state index contributed by atoms with van der Waals surface area (Å²) < 4.78 is 0. The predicted octanol–water partition coefficient (Wildman–Crippen LogP) is 1.07. The van der Waals surface area contributed by atoms with E-state index in [0.717, 1.165) is 11.4 Å². The van der Waals surface area contributed by atoms with Crippen LogP contribution in [-0.4, -0.2) is 27.1 Å². The van der Waals surface area contributed by atoms with Gasteiger partial charge in [0.2, 0.25) is 5.91 Å². The zero-order chi connectivity index (χ0) is 13.1. The Balaban J connectivity index is 2.34. The smallest absolute Gasteiger partial charge is 0.241 e. The van der Waals surface area contributed by atoms with E-state index in [0.29, 0.717) is 11.5 Å².